The highest BCUT2D eigenvalue weighted by atomic mass is 32.2. The van der Waals surface area contributed by atoms with Crippen LogP contribution in [-0.4, -0.2) is 58.0 Å². The molecule has 3 rings (SSSR count). The molecule has 0 bridgehead atoms. The Kier molecular flexibility index (Phi) is 5.68. The number of rotatable bonds is 8. The van der Waals surface area contributed by atoms with Gasteiger partial charge in [-0.25, -0.2) is 4.79 Å². The molecule has 1 saturated heterocycles. The van der Waals surface area contributed by atoms with Gasteiger partial charge in [0, 0.05) is 25.3 Å². The number of carboxylic acids is 1. The highest BCUT2D eigenvalue weighted by Crippen LogP contribution is 2.50. The van der Waals surface area contributed by atoms with E-state index >= 15 is 0 Å². The van der Waals surface area contributed by atoms with E-state index in [1.807, 2.05) is 0 Å². The van der Waals surface area contributed by atoms with Crippen LogP contribution >= 0.6 is 11.8 Å². The molecule has 0 aliphatic carbocycles. The number of nitrogens with one attached hydrogen (secondary N) is 1. The van der Waals surface area contributed by atoms with E-state index in [1.54, 1.807) is 24.3 Å². The number of nitrogens with zero attached hydrogens (tertiary/aromatic N) is 1. The topological polar surface area (TPSA) is 142 Å². The van der Waals surface area contributed by atoms with Gasteiger partial charge in [-0.1, -0.05) is 11.8 Å². The minimum atomic E-state index is -1.26. The molecule has 9 nitrogen and oxygen atoms in total. The molecule has 1 aromatic carbocycles. The van der Waals surface area contributed by atoms with Crippen molar-refractivity contribution in [2.24, 2.45) is 11.7 Å². The zero-order chi connectivity index (χ0) is 19.6. The molecule has 2 atom stereocenters. The molecule has 2 aliphatic heterocycles. The van der Waals surface area contributed by atoms with Gasteiger partial charge in [0.05, 0.1) is 5.92 Å². The number of fused-ring (bicyclic) bond motifs is 1. The summed E-state index contributed by atoms with van der Waals surface area (Å²) < 4.78 is 5.67. The number of ether oxygens (including phenoxy) is 1. The second kappa shape index (κ2) is 7.99. The van der Waals surface area contributed by atoms with E-state index in [9.17, 15) is 19.5 Å². The van der Waals surface area contributed by atoms with E-state index < -0.39 is 11.9 Å². The van der Waals surface area contributed by atoms with Crippen LogP contribution in [-0.2, 0) is 9.59 Å². The van der Waals surface area contributed by atoms with Gasteiger partial charge < -0.3 is 26.0 Å². The van der Waals surface area contributed by atoms with Gasteiger partial charge in [-0.05, 0) is 30.7 Å². The van der Waals surface area contributed by atoms with Crippen molar-refractivity contribution in [1.29, 1.82) is 0 Å². The summed E-state index contributed by atoms with van der Waals surface area (Å²) in [5.41, 5.74) is 5.56. The fraction of sp³-hybridized carbons (Fsp3) is 0.353. The van der Waals surface area contributed by atoms with Crippen molar-refractivity contribution >= 4 is 29.5 Å². The molecule has 27 heavy (non-hydrogen) atoms. The molecule has 2 amide bonds. The second-order valence-corrected chi connectivity index (χ2v) is 7.04. The number of hydrogen-bond acceptors (Lipinski definition) is 7. The standard InChI is InChI=1S/C17H19N3O6S/c18-6-7-19-13(22)9-1-3-10(4-2-9)26-17-12(16(24)25)20-14(23)11(5-8-21)15(20)27-17/h1-4,11,15,21H,5-8,18H2,(H,19,22)(H,24,25)/t11-,15+/m0/s1. The number of thioether (sulfide) groups is 1. The van der Waals surface area contributed by atoms with Crippen LogP contribution in [0.15, 0.2) is 35.1 Å². The van der Waals surface area contributed by atoms with Crippen LogP contribution in [0.5, 0.6) is 5.75 Å². The van der Waals surface area contributed by atoms with Crippen molar-refractivity contribution in [2.75, 3.05) is 19.7 Å². The number of aliphatic hydroxyl groups excluding tert-OH is 1. The van der Waals surface area contributed by atoms with Crippen molar-refractivity contribution in [3.05, 3.63) is 40.6 Å². The van der Waals surface area contributed by atoms with Gasteiger partial charge >= 0.3 is 5.97 Å². The van der Waals surface area contributed by atoms with Crippen molar-refractivity contribution in [1.82, 2.24) is 10.2 Å². The number of β-lactam (4-membered cyclic amide) rings is 1. The molecule has 2 aliphatic rings. The Morgan fingerprint density at radius 1 is 1.30 bits per heavy atom. The van der Waals surface area contributed by atoms with E-state index in [-0.39, 0.29) is 41.0 Å². The van der Waals surface area contributed by atoms with Crippen LogP contribution in [0, 0.1) is 5.92 Å². The summed E-state index contributed by atoms with van der Waals surface area (Å²) >= 11 is 1.14. The number of carbonyl (C=O) groups is 3. The smallest absolute Gasteiger partial charge is 0.357 e. The Bertz CT molecular complexity index is 794. The van der Waals surface area contributed by atoms with Gasteiger partial charge in [-0.3, -0.25) is 14.5 Å². The molecule has 0 spiro atoms. The maximum Gasteiger partial charge on any atom is 0.357 e. The Labute approximate surface area is 159 Å². The molecule has 2 heterocycles. The Balaban J connectivity index is 1.74. The number of aliphatic carboxylic acids is 1. The monoisotopic (exact) mass is 393 g/mol. The summed E-state index contributed by atoms with van der Waals surface area (Å²) in [6.07, 6.45) is 0.278. The third kappa shape index (κ3) is 3.64. The normalized spacial score (nSPS) is 21.0. The first-order valence-electron chi connectivity index (χ1n) is 8.32. The van der Waals surface area contributed by atoms with Crippen LogP contribution < -0.4 is 15.8 Å². The Hall–Kier alpha value is -2.56. The number of benzene rings is 1. The van der Waals surface area contributed by atoms with Crippen LogP contribution in [0.25, 0.3) is 0 Å². The number of aliphatic hydroxyl groups is 1. The number of hydrogen-bond donors (Lipinski definition) is 4. The van der Waals surface area contributed by atoms with Crippen molar-refractivity contribution in [2.45, 2.75) is 11.8 Å². The summed E-state index contributed by atoms with van der Waals surface area (Å²) in [7, 11) is 0. The molecule has 0 unspecified atom stereocenters. The molecule has 0 saturated carbocycles. The summed E-state index contributed by atoms with van der Waals surface area (Å²) in [5, 5.41) is 20.9. The largest absolute Gasteiger partial charge is 0.476 e. The SMILES string of the molecule is NCCNC(=O)c1ccc(OC2=C(C(=O)O)N3C(=O)[C@H](CCO)[C@H]3S2)cc1. The first kappa shape index (κ1) is 19.2. The average Bonchev–Trinajstić information content (AvgIpc) is 3.00. The predicted octanol–water partition coefficient (Wildman–Crippen LogP) is -0.0787. The first-order chi connectivity index (χ1) is 13.0. The maximum absolute atomic E-state index is 12.1. The third-order valence-corrected chi connectivity index (χ3v) is 5.49. The third-order valence-electron chi connectivity index (χ3n) is 4.21. The summed E-state index contributed by atoms with van der Waals surface area (Å²) in [5.74, 6) is -1.93. The van der Waals surface area contributed by atoms with Crippen molar-refractivity contribution in [3.8, 4) is 5.75 Å². The highest BCUT2D eigenvalue weighted by molar-refractivity contribution is 8.03. The Morgan fingerprint density at radius 2 is 2.00 bits per heavy atom. The zero-order valence-electron chi connectivity index (χ0n) is 14.3. The van der Waals surface area contributed by atoms with E-state index in [0.717, 1.165) is 11.8 Å². The predicted molar refractivity (Wildman–Crippen MR) is 96.5 cm³/mol. The van der Waals surface area contributed by atoms with E-state index in [1.165, 1.54) is 4.90 Å². The second-order valence-electron chi connectivity index (χ2n) is 5.95. The fourth-order valence-corrected chi connectivity index (χ4v) is 4.29. The minimum Gasteiger partial charge on any atom is -0.476 e. The van der Waals surface area contributed by atoms with E-state index in [2.05, 4.69) is 5.32 Å². The molecule has 5 N–H and O–H groups in total. The van der Waals surface area contributed by atoms with Crippen LogP contribution in [0.3, 0.4) is 0 Å². The van der Waals surface area contributed by atoms with Crippen LogP contribution in [0.4, 0.5) is 0 Å². The molecule has 1 fully saturated rings. The highest BCUT2D eigenvalue weighted by Gasteiger charge is 2.56. The van der Waals surface area contributed by atoms with Gasteiger partial charge in [0.1, 0.15) is 11.1 Å². The van der Waals surface area contributed by atoms with Gasteiger partial charge in [0.2, 0.25) is 5.91 Å². The van der Waals surface area contributed by atoms with E-state index in [4.69, 9.17) is 15.6 Å². The van der Waals surface area contributed by atoms with Crippen molar-refractivity contribution in [3.63, 3.8) is 0 Å². The zero-order valence-corrected chi connectivity index (χ0v) is 15.1. The molecule has 10 heteroatoms. The summed E-state index contributed by atoms with van der Waals surface area (Å²) in [6.45, 7) is 0.556. The van der Waals surface area contributed by atoms with Gasteiger partial charge in [0.25, 0.3) is 5.91 Å². The first-order valence-corrected chi connectivity index (χ1v) is 9.20. The Morgan fingerprint density at radius 3 is 2.59 bits per heavy atom. The number of carboxylic acid groups (broad SMARTS) is 1. The molecular formula is C17H19N3O6S. The lowest BCUT2D eigenvalue weighted by Gasteiger charge is -2.41. The molecule has 0 aromatic heterocycles. The van der Waals surface area contributed by atoms with Crippen LogP contribution in [0.1, 0.15) is 16.8 Å². The lowest BCUT2D eigenvalue weighted by Crippen LogP contribution is -2.57. The minimum absolute atomic E-state index is 0.113. The van der Waals surface area contributed by atoms with Crippen LogP contribution in [0.2, 0.25) is 0 Å². The quantitative estimate of drug-likeness (QED) is 0.449. The number of carbonyl (C=O) groups excluding carboxylic acids is 2. The molecule has 1 aromatic rings. The van der Waals surface area contributed by atoms with E-state index in [0.29, 0.717) is 24.4 Å². The number of nitrogens with two attached hydrogens (primary N) is 1. The fourth-order valence-electron chi connectivity index (χ4n) is 2.90. The maximum atomic E-state index is 12.1. The average molecular weight is 393 g/mol. The summed E-state index contributed by atoms with van der Waals surface area (Å²) in [6, 6.07) is 6.20. The van der Waals surface area contributed by atoms with Gasteiger partial charge in [0.15, 0.2) is 10.8 Å². The van der Waals surface area contributed by atoms with Gasteiger partial charge in [-0.2, -0.15) is 0 Å². The van der Waals surface area contributed by atoms with Crippen molar-refractivity contribution < 1.29 is 29.3 Å². The number of amides is 2. The molecular weight excluding hydrogens is 374 g/mol. The summed E-state index contributed by atoms with van der Waals surface area (Å²) in [4.78, 5) is 36.8. The molecule has 0 radical (unpaired) electrons. The lowest BCUT2D eigenvalue weighted by molar-refractivity contribution is -0.152. The lowest BCUT2D eigenvalue weighted by atomic mass is 9.94. The van der Waals surface area contributed by atoms with Gasteiger partial charge in [-0.15, -0.1) is 0 Å². The molecule has 144 valence electrons.